The molecule has 0 fully saturated rings. The molecule has 2 unspecified atom stereocenters. The first kappa shape index (κ1) is 23.8. The first-order chi connectivity index (χ1) is 12.0. The largest absolute Gasteiger partial charge is 0.463 e. The quantitative estimate of drug-likeness (QED) is 0.200. The Bertz CT molecular complexity index is 567. The van der Waals surface area contributed by atoms with Gasteiger partial charge in [-0.1, -0.05) is 37.5 Å². The number of esters is 2. The molecule has 0 heterocycles. The van der Waals surface area contributed by atoms with E-state index in [-0.39, 0.29) is 23.1 Å². The fraction of sp³-hybridized carbons (Fsp3) is 0.500. The molecular formula is C20H32NO5+. The van der Waals surface area contributed by atoms with E-state index < -0.39 is 24.3 Å². The molecule has 0 rings (SSSR count). The monoisotopic (exact) mass is 366 g/mol. The summed E-state index contributed by atoms with van der Waals surface area (Å²) in [5.41, 5.74) is 0.621. The Morgan fingerprint density at radius 1 is 1.19 bits per heavy atom. The summed E-state index contributed by atoms with van der Waals surface area (Å²) >= 11 is 0. The second-order valence-corrected chi connectivity index (χ2v) is 6.78. The van der Waals surface area contributed by atoms with E-state index in [2.05, 4.69) is 13.2 Å². The van der Waals surface area contributed by atoms with E-state index in [1.54, 1.807) is 38.2 Å². The SMILES string of the molecule is C=CC=CCC(=CCC(=C)C(=O)OC(C(C)O)[N+](C)(C)C)C(=O)OCC. The van der Waals surface area contributed by atoms with Gasteiger partial charge in [0.15, 0.2) is 0 Å². The Labute approximate surface area is 156 Å². The Morgan fingerprint density at radius 3 is 2.27 bits per heavy atom. The number of rotatable bonds is 11. The van der Waals surface area contributed by atoms with E-state index in [4.69, 9.17) is 9.47 Å². The lowest BCUT2D eigenvalue weighted by molar-refractivity contribution is -0.920. The third kappa shape index (κ3) is 8.78. The molecule has 1 N–H and O–H groups in total. The Kier molecular flexibility index (Phi) is 10.5. The van der Waals surface area contributed by atoms with Gasteiger partial charge in [-0.2, -0.15) is 0 Å². The molecule has 0 radical (unpaired) electrons. The predicted molar refractivity (Wildman–Crippen MR) is 102 cm³/mol. The number of aliphatic hydroxyl groups excluding tert-OH is 1. The lowest BCUT2D eigenvalue weighted by Crippen LogP contribution is -2.53. The van der Waals surface area contributed by atoms with Crippen LogP contribution in [0, 0.1) is 0 Å². The number of nitrogens with zero attached hydrogens (tertiary/aromatic N) is 1. The number of carbonyl (C=O) groups excluding carboxylic acids is 2. The number of quaternary nitrogens is 1. The Hall–Kier alpha value is -2.18. The average Bonchev–Trinajstić information content (AvgIpc) is 2.53. The molecule has 0 aliphatic rings. The molecule has 0 aliphatic carbocycles. The van der Waals surface area contributed by atoms with Crippen LogP contribution in [-0.4, -0.2) is 61.6 Å². The van der Waals surface area contributed by atoms with Crippen LogP contribution in [0.25, 0.3) is 0 Å². The van der Waals surface area contributed by atoms with Crippen LogP contribution >= 0.6 is 0 Å². The second kappa shape index (κ2) is 11.4. The standard InChI is InChI=1S/C20H32NO5/c1-8-10-11-12-17(20(24)25-9-2)14-13-15(3)19(23)26-18(16(4)22)21(5,6)7/h8,10-11,14,16,18,22H,1,3,9,12-13H2,2,4-7H3/q+1. The minimum absolute atomic E-state index is 0.151. The van der Waals surface area contributed by atoms with Crippen molar-refractivity contribution in [2.75, 3.05) is 27.7 Å². The summed E-state index contributed by atoms with van der Waals surface area (Å²) in [5.74, 6) is -1.04. The van der Waals surface area contributed by atoms with Crippen molar-refractivity contribution in [2.45, 2.75) is 39.0 Å². The van der Waals surface area contributed by atoms with Gasteiger partial charge in [-0.25, -0.2) is 9.59 Å². The van der Waals surface area contributed by atoms with Crippen molar-refractivity contribution in [3.8, 4) is 0 Å². The summed E-state index contributed by atoms with van der Waals surface area (Å²) in [7, 11) is 5.45. The molecule has 0 aromatic heterocycles. The molecular weight excluding hydrogens is 334 g/mol. The molecule has 6 nitrogen and oxygen atoms in total. The number of likely N-dealkylation sites (N-methyl/N-ethyl adjacent to an activating group) is 1. The van der Waals surface area contributed by atoms with Gasteiger partial charge in [0.25, 0.3) is 6.23 Å². The van der Waals surface area contributed by atoms with Crippen LogP contribution < -0.4 is 0 Å². The molecule has 0 amide bonds. The number of aliphatic hydroxyl groups is 1. The van der Waals surface area contributed by atoms with Crippen molar-refractivity contribution in [3.05, 3.63) is 48.6 Å². The zero-order chi connectivity index (χ0) is 20.3. The minimum Gasteiger partial charge on any atom is -0.463 e. The maximum atomic E-state index is 12.3. The van der Waals surface area contributed by atoms with Gasteiger partial charge in [-0.15, -0.1) is 0 Å². The van der Waals surface area contributed by atoms with Crippen LogP contribution in [0.2, 0.25) is 0 Å². The molecule has 2 atom stereocenters. The highest BCUT2D eigenvalue weighted by atomic mass is 16.6. The fourth-order valence-corrected chi connectivity index (χ4v) is 2.19. The number of hydrogen-bond donors (Lipinski definition) is 1. The average molecular weight is 366 g/mol. The maximum absolute atomic E-state index is 12.3. The maximum Gasteiger partial charge on any atom is 0.338 e. The Morgan fingerprint density at radius 2 is 1.81 bits per heavy atom. The number of carbonyl (C=O) groups is 2. The summed E-state index contributed by atoms with van der Waals surface area (Å²) < 4.78 is 10.7. The topological polar surface area (TPSA) is 72.8 Å². The van der Waals surface area contributed by atoms with E-state index in [0.717, 1.165) is 0 Å². The molecule has 0 saturated carbocycles. The van der Waals surface area contributed by atoms with E-state index in [1.807, 2.05) is 21.1 Å². The van der Waals surface area contributed by atoms with Crippen LogP contribution in [0.5, 0.6) is 0 Å². The van der Waals surface area contributed by atoms with Crippen molar-refractivity contribution in [2.24, 2.45) is 0 Å². The van der Waals surface area contributed by atoms with Crippen molar-refractivity contribution in [1.82, 2.24) is 0 Å². The lowest BCUT2D eigenvalue weighted by Gasteiger charge is -2.34. The van der Waals surface area contributed by atoms with E-state index in [0.29, 0.717) is 12.0 Å². The highest BCUT2D eigenvalue weighted by molar-refractivity contribution is 5.90. The van der Waals surface area contributed by atoms with Gasteiger partial charge in [-0.05, 0) is 26.7 Å². The summed E-state index contributed by atoms with van der Waals surface area (Å²) in [5, 5.41) is 9.84. The molecule has 26 heavy (non-hydrogen) atoms. The summed E-state index contributed by atoms with van der Waals surface area (Å²) in [6.07, 6.45) is 5.69. The normalized spacial score (nSPS) is 14.6. The van der Waals surface area contributed by atoms with Crippen molar-refractivity contribution in [3.63, 3.8) is 0 Å². The molecule has 0 saturated heterocycles. The summed E-state index contributed by atoms with van der Waals surface area (Å²) in [4.78, 5) is 24.2. The van der Waals surface area contributed by atoms with Crippen LogP contribution in [0.3, 0.4) is 0 Å². The molecule has 6 heteroatoms. The van der Waals surface area contributed by atoms with Gasteiger partial charge in [0, 0.05) is 11.1 Å². The van der Waals surface area contributed by atoms with Crippen molar-refractivity contribution in [1.29, 1.82) is 0 Å². The molecule has 0 aromatic rings. The fourth-order valence-electron chi connectivity index (χ4n) is 2.19. The molecule has 0 aliphatic heterocycles. The van der Waals surface area contributed by atoms with Gasteiger partial charge in [0.2, 0.25) is 0 Å². The Balaban J connectivity index is 5.08. The summed E-state index contributed by atoms with van der Waals surface area (Å²) in [6, 6.07) is 0. The molecule has 0 spiro atoms. The minimum atomic E-state index is -0.832. The third-order valence-corrected chi connectivity index (χ3v) is 3.43. The van der Waals surface area contributed by atoms with Gasteiger partial charge in [0.05, 0.1) is 27.7 Å². The van der Waals surface area contributed by atoms with Gasteiger partial charge < -0.3 is 14.6 Å². The number of allylic oxidation sites excluding steroid dienone is 4. The second-order valence-electron chi connectivity index (χ2n) is 6.78. The number of ether oxygens (including phenoxy) is 2. The molecule has 0 aromatic carbocycles. The van der Waals surface area contributed by atoms with E-state index in [9.17, 15) is 14.7 Å². The van der Waals surface area contributed by atoms with E-state index in [1.165, 1.54) is 0 Å². The van der Waals surface area contributed by atoms with Crippen LogP contribution in [0.4, 0.5) is 0 Å². The zero-order valence-electron chi connectivity index (χ0n) is 16.5. The predicted octanol–water partition coefficient (Wildman–Crippen LogP) is 2.51. The van der Waals surface area contributed by atoms with Crippen molar-refractivity contribution < 1.29 is 28.7 Å². The smallest absolute Gasteiger partial charge is 0.338 e. The third-order valence-electron chi connectivity index (χ3n) is 3.43. The van der Waals surface area contributed by atoms with Crippen LogP contribution in [0.15, 0.2) is 48.6 Å². The van der Waals surface area contributed by atoms with E-state index >= 15 is 0 Å². The first-order valence-electron chi connectivity index (χ1n) is 8.56. The summed E-state index contributed by atoms with van der Waals surface area (Å²) in [6.45, 7) is 10.9. The number of hydrogen-bond acceptors (Lipinski definition) is 5. The highest BCUT2D eigenvalue weighted by Crippen LogP contribution is 2.15. The van der Waals surface area contributed by atoms with Crippen LogP contribution in [0.1, 0.15) is 26.7 Å². The molecule has 146 valence electrons. The van der Waals surface area contributed by atoms with Crippen LogP contribution in [-0.2, 0) is 19.1 Å². The van der Waals surface area contributed by atoms with Gasteiger partial charge >= 0.3 is 11.9 Å². The van der Waals surface area contributed by atoms with Gasteiger partial charge in [0.1, 0.15) is 6.10 Å². The zero-order valence-corrected chi connectivity index (χ0v) is 16.5. The van der Waals surface area contributed by atoms with Crippen molar-refractivity contribution >= 4 is 11.9 Å². The first-order valence-corrected chi connectivity index (χ1v) is 8.56. The highest BCUT2D eigenvalue weighted by Gasteiger charge is 2.33. The van der Waals surface area contributed by atoms with Gasteiger partial charge in [-0.3, -0.25) is 4.48 Å². The lowest BCUT2D eigenvalue weighted by atomic mass is 10.1. The molecule has 0 bridgehead atoms.